The molecule has 1 aromatic carbocycles. The second-order valence-corrected chi connectivity index (χ2v) is 5.96. The Morgan fingerprint density at radius 3 is 2.79 bits per heavy atom. The summed E-state index contributed by atoms with van der Waals surface area (Å²) in [5.74, 6) is 0.859. The van der Waals surface area contributed by atoms with Crippen LogP contribution in [0.15, 0.2) is 24.3 Å². The molecule has 106 valence electrons. The van der Waals surface area contributed by atoms with E-state index in [0.29, 0.717) is 0 Å². The summed E-state index contributed by atoms with van der Waals surface area (Å²) in [5, 5.41) is 3.32. The van der Waals surface area contributed by atoms with E-state index in [4.69, 9.17) is 0 Å². The molecule has 19 heavy (non-hydrogen) atoms. The van der Waals surface area contributed by atoms with Crippen molar-refractivity contribution < 1.29 is 0 Å². The summed E-state index contributed by atoms with van der Waals surface area (Å²) in [5.41, 5.74) is 2.84. The van der Waals surface area contributed by atoms with Gasteiger partial charge in [-0.2, -0.15) is 0 Å². The highest BCUT2D eigenvalue weighted by atomic mass is 15.1. The van der Waals surface area contributed by atoms with Crippen LogP contribution in [0.1, 0.15) is 30.4 Å². The largest absolute Gasteiger partial charge is 0.319 e. The zero-order valence-electron chi connectivity index (χ0n) is 12.5. The van der Waals surface area contributed by atoms with E-state index in [1.54, 1.807) is 0 Å². The first kappa shape index (κ1) is 14.5. The van der Waals surface area contributed by atoms with Crippen LogP contribution in [0.5, 0.6) is 0 Å². The van der Waals surface area contributed by atoms with Crippen molar-refractivity contribution in [1.82, 2.24) is 10.2 Å². The van der Waals surface area contributed by atoms with Crippen molar-refractivity contribution in [3.8, 4) is 0 Å². The Morgan fingerprint density at radius 1 is 1.26 bits per heavy atom. The third-order valence-electron chi connectivity index (χ3n) is 4.16. The van der Waals surface area contributed by atoms with E-state index in [1.807, 2.05) is 0 Å². The molecule has 1 fully saturated rings. The predicted molar refractivity (Wildman–Crippen MR) is 82.6 cm³/mol. The number of likely N-dealkylation sites (tertiary alicyclic amines) is 1. The summed E-state index contributed by atoms with van der Waals surface area (Å²) in [6.07, 6.45) is 5.27. The number of nitrogens with one attached hydrogen (secondary N) is 1. The summed E-state index contributed by atoms with van der Waals surface area (Å²) in [6.45, 7) is 7.17. The van der Waals surface area contributed by atoms with Gasteiger partial charge in [-0.15, -0.1) is 0 Å². The number of benzene rings is 1. The Labute approximate surface area is 118 Å². The fraction of sp³-hybridized carbons (Fsp3) is 0.647. The Hall–Kier alpha value is -0.860. The fourth-order valence-corrected chi connectivity index (χ4v) is 3.07. The average molecular weight is 260 g/mol. The average Bonchev–Trinajstić information content (AvgIpc) is 2.42. The van der Waals surface area contributed by atoms with Crippen molar-refractivity contribution in [1.29, 1.82) is 0 Å². The van der Waals surface area contributed by atoms with Crippen LogP contribution in [0, 0.1) is 12.8 Å². The van der Waals surface area contributed by atoms with Gasteiger partial charge in [-0.05, 0) is 70.8 Å². The third kappa shape index (κ3) is 4.96. The van der Waals surface area contributed by atoms with E-state index < -0.39 is 0 Å². The highest BCUT2D eigenvalue weighted by Gasteiger charge is 2.18. The van der Waals surface area contributed by atoms with E-state index >= 15 is 0 Å². The molecule has 1 atom stereocenters. The molecule has 2 heteroatoms. The molecule has 1 unspecified atom stereocenters. The van der Waals surface area contributed by atoms with Gasteiger partial charge in [-0.25, -0.2) is 0 Å². The number of hydrogen-bond acceptors (Lipinski definition) is 2. The lowest BCUT2D eigenvalue weighted by Crippen LogP contribution is -2.39. The van der Waals surface area contributed by atoms with Gasteiger partial charge in [0, 0.05) is 6.54 Å². The second-order valence-electron chi connectivity index (χ2n) is 5.96. The molecule has 0 spiro atoms. The maximum Gasteiger partial charge on any atom is 0.00218 e. The Balaban J connectivity index is 1.69. The Kier molecular flexibility index (Phi) is 5.87. The second kappa shape index (κ2) is 7.66. The number of nitrogens with zero attached hydrogens (tertiary/aromatic N) is 1. The van der Waals surface area contributed by atoms with Crippen molar-refractivity contribution in [2.75, 3.05) is 33.2 Å². The lowest BCUT2D eigenvalue weighted by Gasteiger charge is -2.32. The Bertz CT molecular complexity index is 356. The van der Waals surface area contributed by atoms with Gasteiger partial charge in [-0.1, -0.05) is 29.8 Å². The van der Waals surface area contributed by atoms with Crippen molar-refractivity contribution in [2.45, 2.75) is 32.6 Å². The van der Waals surface area contributed by atoms with Crippen LogP contribution in [0.3, 0.4) is 0 Å². The Morgan fingerprint density at radius 2 is 2.05 bits per heavy atom. The van der Waals surface area contributed by atoms with Crippen LogP contribution >= 0.6 is 0 Å². The summed E-state index contributed by atoms with van der Waals surface area (Å²) >= 11 is 0. The van der Waals surface area contributed by atoms with Gasteiger partial charge in [0.05, 0.1) is 0 Å². The number of piperidine rings is 1. The SMILES string of the molecule is CNCC1CCCN(CCCc2ccc(C)cc2)C1. The molecule has 1 aliphatic rings. The summed E-state index contributed by atoms with van der Waals surface area (Å²) in [4.78, 5) is 2.65. The predicted octanol–water partition coefficient (Wildman–Crippen LogP) is 2.86. The number of hydrogen-bond donors (Lipinski definition) is 1. The topological polar surface area (TPSA) is 15.3 Å². The van der Waals surface area contributed by atoms with Crippen LogP contribution in [0.2, 0.25) is 0 Å². The van der Waals surface area contributed by atoms with Crippen molar-refractivity contribution in [2.24, 2.45) is 5.92 Å². The quantitative estimate of drug-likeness (QED) is 0.846. The number of aryl methyl sites for hydroxylation is 2. The maximum absolute atomic E-state index is 3.32. The van der Waals surface area contributed by atoms with E-state index in [-0.39, 0.29) is 0 Å². The molecule has 1 aliphatic heterocycles. The first-order valence-electron chi connectivity index (χ1n) is 7.70. The van der Waals surface area contributed by atoms with E-state index in [1.165, 1.54) is 63.0 Å². The first-order chi connectivity index (χ1) is 9.28. The zero-order valence-corrected chi connectivity index (χ0v) is 12.5. The van der Waals surface area contributed by atoms with Crippen LogP contribution in [-0.4, -0.2) is 38.1 Å². The normalized spacial score (nSPS) is 20.6. The third-order valence-corrected chi connectivity index (χ3v) is 4.16. The van der Waals surface area contributed by atoms with Gasteiger partial charge >= 0.3 is 0 Å². The van der Waals surface area contributed by atoms with Crippen LogP contribution < -0.4 is 5.32 Å². The molecule has 0 saturated carbocycles. The minimum Gasteiger partial charge on any atom is -0.319 e. The van der Waals surface area contributed by atoms with Gasteiger partial charge in [0.1, 0.15) is 0 Å². The fourth-order valence-electron chi connectivity index (χ4n) is 3.07. The minimum absolute atomic E-state index is 0.859. The molecule has 0 bridgehead atoms. The van der Waals surface area contributed by atoms with Crippen LogP contribution in [-0.2, 0) is 6.42 Å². The summed E-state index contributed by atoms with van der Waals surface area (Å²) in [6, 6.07) is 8.99. The zero-order chi connectivity index (χ0) is 13.5. The van der Waals surface area contributed by atoms with Crippen molar-refractivity contribution >= 4 is 0 Å². The highest BCUT2D eigenvalue weighted by Crippen LogP contribution is 2.16. The molecule has 1 heterocycles. The maximum atomic E-state index is 3.32. The first-order valence-corrected chi connectivity index (χ1v) is 7.70. The summed E-state index contributed by atoms with van der Waals surface area (Å²) < 4.78 is 0. The molecule has 1 saturated heterocycles. The van der Waals surface area contributed by atoms with Gasteiger partial charge < -0.3 is 10.2 Å². The molecular formula is C17H28N2. The molecule has 0 amide bonds. The van der Waals surface area contributed by atoms with Crippen molar-refractivity contribution in [3.63, 3.8) is 0 Å². The molecule has 0 radical (unpaired) electrons. The molecule has 1 aromatic rings. The van der Waals surface area contributed by atoms with E-state index in [9.17, 15) is 0 Å². The standard InChI is InChI=1S/C17H28N2/c1-15-7-9-16(10-8-15)5-3-11-19-12-4-6-17(14-19)13-18-2/h7-10,17-18H,3-6,11-14H2,1-2H3. The van der Waals surface area contributed by atoms with Gasteiger partial charge in [0.2, 0.25) is 0 Å². The van der Waals surface area contributed by atoms with Crippen molar-refractivity contribution in [3.05, 3.63) is 35.4 Å². The molecule has 1 N–H and O–H groups in total. The highest BCUT2D eigenvalue weighted by molar-refractivity contribution is 5.21. The van der Waals surface area contributed by atoms with Gasteiger partial charge in [-0.3, -0.25) is 0 Å². The van der Waals surface area contributed by atoms with Crippen LogP contribution in [0.25, 0.3) is 0 Å². The lowest BCUT2D eigenvalue weighted by atomic mass is 9.97. The van der Waals surface area contributed by atoms with E-state index in [0.717, 1.165) is 5.92 Å². The molecule has 0 aliphatic carbocycles. The van der Waals surface area contributed by atoms with E-state index in [2.05, 4.69) is 48.5 Å². The smallest absolute Gasteiger partial charge is 0.00218 e. The molecular weight excluding hydrogens is 232 g/mol. The monoisotopic (exact) mass is 260 g/mol. The minimum atomic E-state index is 0.859. The van der Waals surface area contributed by atoms with Crippen LogP contribution in [0.4, 0.5) is 0 Å². The summed E-state index contributed by atoms with van der Waals surface area (Å²) in [7, 11) is 2.07. The number of rotatable bonds is 6. The molecule has 2 nitrogen and oxygen atoms in total. The lowest BCUT2D eigenvalue weighted by molar-refractivity contribution is 0.172. The van der Waals surface area contributed by atoms with Gasteiger partial charge in [0.25, 0.3) is 0 Å². The molecule has 2 rings (SSSR count). The van der Waals surface area contributed by atoms with Gasteiger partial charge in [0.15, 0.2) is 0 Å². The molecule has 0 aromatic heterocycles.